The van der Waals surface area contributed by atoms with Gasteiger partial charge < -0.3 is 14.7 Å². The van der Waals surface area contributed by atoms with E-state index in [1.165, 1.54) is 6.42 Å². The molecule has 0 aromatic heterocycles. The third-order valence-corrected chi connectivity index (χ3v) is 6.95. The number of anilines is 2. The minimum atomic E-state index is -0.294. The van der Waals surface area contributed by atoms with Gasteiger partial charge in [-0.25, -0.2) is 0 Å². The number of nitrogens with one attached hydrogen (secondary N) is 1. The predicted molar refractivity (Wildman–Crippen MR) is 137 cm³/mol. The number of halogens is 1. The van der Waals surface area contributed by atoms with Gasteiger partial charge in [-0.2, -0.15) is 0 Å². The summed E-state index contributed by atoms with van der Waals surface area (Å²) in [6.45, 7) is 4.45. The van der Waals surface area contributed by atoms with Crippen molar-refractivity contribution in [3.63, 3.8) is 0 Å². The highest BCUT2D eigenvalue weighted by Gasteiger charge is 2.25. The molecule has 2 aliphatic rings. The average Bonchev–Trinajstić information content (AvgIpc) is 2.84. The van der Waals surface area contributed by atoms with Crippen LogP contribution < -0.4 is 15.1 Å². The molecule has 1 N–H and O–H groups in total. The fourth-order valence-corrected chi connectivity index (χ4v) is 4.97. The van der Waals surface area contributed by atoms with E-state index in [4.69, 9.17) is 12.2 Å². The highest BCUT2D eigenvalue weighted by atomic mass is 79.9. The second-order valence-electron chi connectivity index (χ2n) is 8.22. The lowest BCUT2D eigenvalue weighted by Gasteiger charge is -2.37. The van der Waals surface area contributed by atoms with Crippen LogP contribution in [-0.4, -0.2) is 60.1 Å². The van der Waals surface area contributed by atoms with Crippen LogP contribution in [0.15, 0.2) is 46.9 Å². The molecule has 2 aliphatic heterocycles. The van der Waals surface area contributed by atoms with Crippen molar-refractivity contribution in [2.45, 2.75) is 19.3 Å². The van der Waals surface area contributed by atoms with Crippen LogP contribution in [0.3, 0.4) is 0 Å². The van der Waals surface area contributed by atoms with Crippen LogP contribution in [-0.2, 0) is 0 Å². The molecule has 0 spiro atoms. The number of thiocarbonyl (C=S) groups is 1. The summed E-state index contributed by atoms with van der Waals surface area (Å²) >= 11 is 8.85. The zero-order valence-corrected chi connectivity index (χ0v) is 20.6. The maximum atomic E-state index is 12.5. The highest BCUT2D eigenvalue weighted by Crippen LogP contribution is 2.34. The molecule has 174 valence electrons. The molecule has 1 amide bonds. The maximum Gasteiger partial charge on any atom is 0.292 e. The van der Waals surface area contributed by atoms with E-state index in [0.717, 1.165) is 36.1 Å². The first-order chi connectivity index (χ1) is 15.9. The van der Waals surface area contributed by atoms with Gasteiger partial charge >= 0.3 is 0 Å². The Morgan fingerprint density at radius 2 is 1.70 bits per heavy atom. The van der Waals surface area contributed by atoms with Gasteiger partial charge in [-0.05, 0) is 61.8 Å². The molecule has 0 saturated carbocycles. The van der Waals surface area contributed by atoms with E-state index in [1.807, 2.05) is 29.2 Å². The summed E-state index contributed by atoms with van der Waals surface area (Å²) < 4.78 is 0.835. The largest absolute Gasteiger partial charge is 0.368 e. The van der Waals surface area contributed by atoms with Crippen molar-refractivity contribution in [1.82, 2.24) is 10.2 Å². The number of nitro groups is 1. The fraction of sp³-hybridized carbons (Fsp3) is 0.391. The molecule has 4 rings (SSSR count). The van der Waals surface area contributed by atoms with Crippen LogP contribution in [0.1, 0.15) is 29.6 Å². The summed E-state index contributed by atoms with van der Waals surface area (Å²) in [4.78, 5) is 30.1. The monoisotopic (exact) mass is 531 g/mol. The Bertz CT molecular complexity index is 1050. The summed E-state index contributed by atoms with van der Waals surface area (Å²) in [6.07, 6.45) is 3.29. The Morgan fingerprint density at radius 3 is 2.36 bits per heavy atom. The topological polar surface area (TPSA) is 82.0 Å². The summed E-state index contributed by atoms with van der Waals surface area (Å²) in [5, 5.41) is 14.8. The van der Waals surface area contributed by atoms with Gasteiger partial charge in [0, 0.05) is 61.1 Å². The lowest BCUT2D eigenvalue weighted by Crippen LogP contribution is -2.52. The number of carbonyl (C=O) groups is 1. The Balaban J connectivity index is 1.39. The van der Waals surface area contributed by atoms with Crippen LogP contribution in [0.25, 0.3) is 0 Å². The number of benzene rings is 2. The van der Waals surface area contributed by atoms with Crippen molar-refractivity contribution in [2.24, 2.45) is 0 Å². The first-order valence-electron chi connectivity index (χ1n) is 11.1. The number of piperazine rings is 1. The van der Waals surface area contributed by atoms with E-state index in [1.54, 1.807) is 18.2 Å². The molecule has 0 bridgehead atoms. The van der Waals surface area contributed by atoms with Gasteiger partial charge in [0.15, 0.2) is 5.11 Å². The van der Waals surface area contributed by atoms with E-state index in [-0.39, 0.29) is 16.5 Å². The van der Waals surface area contributed by atoms with Crippen molar-refractivity contribution < 1.29 is 9.72 Å². The number of carbonyl (C=O) groups excluding carboxylic acids is 1. The minimum Gasteiger partial charge on any atom is -0.368 e. The van der Waals surface area contributed by atoms with Gasteiger partial charge in [-0.3, -0.25) is 20.2 Å². The van der Waals surface area contributed by atoms with Crippen LogP contribution in [0.5, 0.6) is 0 Å². The van der Waals surface area contributed by atoms with E-state index in [2.05, 4.69) is 31.0 Å². The van der Waals surface area contributed by atoms with Gasteiger partial charge in [0.1, 0.15) is 5.69 Å². The number of nitrogens with zero attached hydrogens (tertiary/aromatic N) is 4. The minimum absolute atomic E-state index is 0.163. The van der Waals surface area contributed by atoms with E-state index in [0.29, 0.717) is 42.5 Å². The van der Waals surface area contributed by atoms with Gasteiger partial charge in [0.25, 0.3) is 11.6 Å². The summed E-state index contributed by atoms with van der Waals surface area (Å²) in [6, 6.07) is 12.6. The van der Waals surface area contributed by atoms with Crippen molar-refractivity contribution in [1.29, 1.82) is 0 Å². The predicted octanol–water partition coefficient (Wildman–Crippen LogP) is 4.18. The molecule has 0 atom stereocenters. The van der Waals surface area contributed by atoms with E-state index < -0.39 is 0 Å². The molecule has 0 aliphatic carbocycles. The first-order valence-corrected chi connectivity index (χ1v) is 12.3. The third-order valence-electron chi connectivity index (χ3n) is 6.09. The van der Waals surface area contributed by atoms with Crippen molar-refractivity contribution in [3.8, 4) is 0 Å². The van der Waals surface area contributed by atoms with Crippen LogP contribution >= 0.6 is 28.1 Å². The average molecular weight is 532 g/mol. The Hall–Kier alpha value is -2.72. The Labute approximate surface area is 206 Å². The third kappa shape index (κ3) is 5.62. The smallest absolute Gasteiger partial charge is 0.292 e. The zero-order valence-electron chi connectivity index (χ0n) is 18.2. The van der Waals surface area contributed by atoms with Crippen LogP contribution in [0.2, 0.25) is 0 Å². The summed E-state index contributed by atoms with van der Waals surface area (Å²) in [5.41, 5.74) is 2.39. The number of hydrogen-bond acceptors (Lipinski definition) is 6. The van der Waals surface area contributed by atoms with E-state index >= 15 is 0 Å². The van der Waals surface area contributed by atoms with Crippen LogP contribution in [0.4, 0.5) is 17.1 Å². The Kier molecular flexibility index (Phi) is 7.44. The lowest BCUT2D eigenvalue weighted by molar-refractivity contribution is -0.384. The maximum absolute atomic E-state index is 12.5. The fourth-order valence-electron chi connectivity index (χ4n) is 4.30. The second-order valence-corrected chi connectivity index (χ2v) is 9.52. The summed E-state index contributed by atoms with van der Waals surface area (Å²) in [5.74, 6) is -0.231. The van der Waals surface area contributed by atoms with Gasteiger partial charge in [0.2, 0.25) is 0 Å². The molecule has 8 nitrogen and oxygen atoms in total. The number of piperidine rings is 1. The number of hydrogen-bond donors (Lipinski definition) is 1. The molecular formula is C23H26BrN5O3S. The molecule has 2 saturated heterocycles. The van der Waals surface area contributed by atoms with Crippen molar-refractivity contribution in [3.05, 3.63) is 62.6 Å². The zero-order chi connectivity index (χ0) is 23.4. The highest BCUT2D eigenvalue weighted by molar-refractivity contribution is 9.10. The van der Waals surface area contributed by atoms with Crippen LogP contribution in [0, 0.1) is 10.1 Å². The molecule has 2 aromatic rings. The molecule has 2 aromatic carbocycles. The Morgan fingerprint density at radius 1 is 0.970 bits per heavy atom. The van der Waals surface area contributed by atoms with Crippen molar-refractivity contribution >= 4 is 56.2 Å². The number of nitro benzene ring substituents is 1. The number of rotatable bonds is 4. The van der Waals surface area contributed by atoms with Gasteiger partial charge in [-0.15, -0.1) is 0 Å². The first kappa shape index (κ1) is 23.4. The molecular weight excluding hydrogens is 506 g/mol. The summed E-state index contributed by atoms with van der Waals surface area (Å²) in [7, 11) is 0. The lowest BCUT2D eigenvalue weighted by atomic mass is 10.1. The molecule has 0 radical (unpaired) electrons. The molecule has 10 heteroatoms. The van der Waals surface area contributed by atoms with Gasteiger partial charge in [0.05, 0.1) is 4.92 Å². The standard InChI is InChI=1S/C23H26BrN5O3S/c24-18-6-4-5-17(15-18)22(30)25-23(33)28-13-11-26(12-14-28)19-7-8-20(29(31)32)21(16-19)27-9-2-1-3-10-27/h4-8,15-16H,1-3,9-14H2,(H,25,30,33). The molecule has 0 unspecified atom stereocenters. The van der Waals surface area contributed by atoms with E-state index in [9.17, 15) is 14.9 Å². The van der Waals surface area contributed by atoms with Gasteiger partial charge in [-0.1, -0.05) is 22.0 Å². The SMILES string of the molecule is O=C(NC(=S)N1CCN(c2ccc([N+](=O)[O-])c(N3CCCCC3)c2)CC1)c1cccc(Br)c1. The molecule has 2 fully saturated rings. The van der Waals surface area contributed by atoms with Crippen molar-refractivity contribution in [2.75, 3.05) is 49.1 Å². The molecule has 33 heavy (non-hydrogen) atoms. The second kappa shape index (κ2) is 10.5. The normalized spacial score (nSPS) is 16.5. The quantitative estimate of drug-likeness (QED) is 0.360. The molecule has 2 heterocycles. The number of amides is 1.